The van der Waals surface area contributed by atoms with Crippen LogP contribution >= 0.6 is 0 Å². The summed E-state index contributed by atoms with van der Waals surface area (Å²) < 4.78 is 0. The molecule has 0 saturated heterocycles. The van der Waals surface area contributed by atoms with Crippen LogP contribution in [0, 0.1) is 23.7 Å². The number of fused-ring (bicyclic) bond motifs is 5. The topological polar surface area (TPSA) is 0 Å². The Kier molecular flexibility index (Phi) is 1.70. The third-order valence-corrected chi connectivity index (χ3v) is 4.84. The molecule has 0 radical (unpaired) electrons. The molecular formula is C12H20. The lowest BCUT2D eigenvalue weighted by atomic mass is 9.77. The highest BCUT2D eigenvalue weighted by Crippen LogP contribution is 2.55. The zero-order valence-corrected chi connectivity index (χ0v) is 7.97. The van der Waals surface area contributed by atoms with Gasteiger partial charge < -0.3 is 0 Å². The lowest BCUT2D eigenvalue weighted by molar-refractivity contribution is 0.214. The third kappa shape index (κ3) is 0.963. The van der Waals surface area contributed by atoms with Crippen LogP contribution in [-0.4, -0.2) is 0 Å². The Morgan fingerprint density at radius 2 is 1.17 bits per heavy atom. The molecule has 0 N–H and O–H groups in total. The van der Waals surface area contributed by atoms with Gasteiger partial charge in [0.2, 0.25) is 0 Å². The first-order valence-electron chi connectivity index (χ1n) is 5.95. The molecule has 0 aliphatic heterocycles. The Bertz CT molecular complexity index is 155. The summed E-state index contributed by atoms with van der Waals surface area (Å²) in [7, 11) is 0. The van der Waals surface area contributed by atoms with Gasteiger partial charge in [-0.2, -0.15) is 0 Å². The highest BCUT2D eigenvalue weighted by Gasteiger charge is 2.45. The van der Waals surface area contributed by atoms with Crippen LogP contribution in [0.25, 0.3) is 0 Å². The average Bonchev–Trinajstić information content (AvgIpc) is 2.41. The van der Waals surface area contributed by atoms with Gasteiger partial charge in [-0.05, 0) is 42.9 Å². The van der Waals surface area contributed by atoms with E-state index in [1.165, 1.54) is 23.7 Å². The third-order valence-electron chi connectivity index (χ3n) is 4.84. The summed E-state index contributed by atoms with van der Waals surface area (Å²) in [5, 5.41) is 0. The summed E-state index contributed by atoms with van der Waals surface area (Å²) in [6.07, 6.45) is 12.6. The molecule has 0 heterocycles. The van der Waals surface area contributed by atoms with Gasteiger partial charge in [0.15, 0.2) is 0 Å². The quantitative estimate of drug-likeness (QED) is 0.513. The molecule has 0 heteroatoms. The molecule has 0 spiro atoms. The number of rotatable bonds is 0. The summed E-state index contributed by atoms with van der Waals surface area (Å²) in [6.45, 7) is 0. The zero-order valence-electron chi connectivity index (χ0n) is 7.97. The molecule has 0 aromatic heterocycles. The number of hydrogen-bond donors (Lipinski definition) is 0. The van der Waals surface area contributed by atoms with Crippen LogP contribution in [0.15, 0.2) is 0 Å². The second-order valence-corrected chi connectivity index (χ2v) is 5.30. The fourth-order valence-corrected chi connectivity index (χ4v) is 4.40. The van der Waals surface area contributed by atoms with Crippen LogP contribution in [-0.2, 0) is 0 Å². The fourth-order valence-electron chi connectivity index (χ4n) is 4.40. The molecule has 3 rings (SSSR count). The summed E-state index contributed by atoms with van der Waals surface area (Å²) >= 11 is 0. The predicted octanol–water partition coefficient (Wildman–Crippen LogP) is 3.61. The van der Waals surface area contributed by atoms with Gasteiger partial charge in [0.25, 0.3) is 0 Å². The van der Waals surface area contributed by atoms with E-state index in [-0.39, 0.29) is 0 Å². The van der Waals surface area contributed by atoms with Crippen molar-refractivity contribution in [3.8, 4) is 0 Å². The largest absolute Gasteiger partial charge is 0.0530 e. The summed E-state index contributed by atoms with van der Waals surface area (Å²) in [6, 6.07) is 0. The van der Waals surface area contributed by atoms with Crippen LogP contribution in [0.4, 0.5) is 0 Å². The van der Waals surface area contributed by atoms with Crippen molar-refractivity contribution in [3.63, 3.8) is 0 Å². The van der Waals surface area contributed by atoms with E-state index < -0.39 is 0 Å². The molecule has 3 fully saturated rings. The molecule has 4 atom stereocenters. The molecule has 3 saturated carbocycles. The van der Waals surface area contributed by atoms with Gasteiger partial charge in [0, 0.05) is 0 Å². The van der Waals surface area contributed by atoms with Gasteiger partial charge in [0.05, 0.1) is 0 Å². The molecule has 0 aromatic rings. The van der Waals surface area contributed by atoms with Gasteiger partial charge in [-0.25, -0.2) is 0 Å². The SMILES string of the molecule is C1CC2CC(C1)C1CCCCC21. The maximum Gasteiger partial charge on any atom is -0.0355 e. The standard InChI is InChI=1S/C12H20/c1-2-7-12-10-5-3-4-9(8-10)11(12)6-1/h9-12H,1-8H2. The Balaban J connectivity index is 1.83. The van der Waals surface area contributed by atoms with E-state index in [1.54, 1.807) is 51.4 Å². The molecular weight excluding hydrogens is 144 g/mol. The van der Waals surface area contributed by atoms with E-state index in [4.69, 9.17) is 0 Å². The molecule has 2 bridgehead atoms. The van der Waals surface area contributed by atoms with Crippen LogP contribution < -0.4 is 0 Å². The highest BCUT2D eigenvalue weighted by molar-refractivity contribution is 4.95. The Hall–Kier alpha value is 0. The van der Waals surface area contributed by atoms with Gasteiger partial charge in [0.1, 0.15) is 0 Å². The van der Waals surface area contributed by atoms with Gasteiger partial charge in [-0.3, -0.25) is 0 Å². The minimum absolute atomic E-state index is 1.18. The van der Waals surface area contributed by atoms with Crippen molar-refractivity contribution in [2.45, 2.75) is 51.4 Å². The lowest BCUT2D eigenvalue weighted by Crippen LogP contribution is -2.19. The van der Waals surface area contributed by atoms with E-state index in [0.29, 0.717) is 0 Å². The van der Waals surface area contributed by atoms with E-state index in [0.717, 1.165) is 0 Å². The van der Waals surface area contributed by atoms with Gasteiger partial charge in [-0.1, -0.05) is 32.1 Å². The smallest absolute Gasteiger partial charge is 0.0355 e. The van der Waals surface area contributed by atoms with Gasteiger partial charge in [-0.15, -0.1) is 0 Å². The first kappa shape index (κ1) is 7.41. The molecule has 0 amide bonds. The van der Waals surface area contributed by atoms with Crippen molar-refractivity contribution < 1.29 is 0 Å². The van der Waals surface area contributed by atoms with Crippen LogP contribution in [0.5, 0.6) is 0 Å². The predicted molar refractivity (Wildman–Crippen MR) is 50.9 cm³/mol. The van der Waals surface area contributed by atoms with Crippen LogP contribution in [0.1, 0.15) is 51.4 Å². The second-order valence-electron chi connectivity index (χ2n) is 5.30. The van der Waals surface area contributed by atoms with Gasteiger partial charge >= 0.3 is 0 Å². The van der Waals surface area contributed by atoms with Crippen molar-refractivity contribution in [2.75, 3.05) is 0 Å². The minimum Gasteiger partial charge on any atom is -0.0530 e. The maximum atomic E-state index is 1.62. The molecule has 12 heavy (non-hydrogen) atoms. The first-order chi connectivity index (χ1) is 5.95. The summed E-state index contributed by atoms with van der Waals surface area (Å²) in [5.74, 6) is 4.72. The molecule has 0 nitrogen and oxygen atoms in total. The lowest BCUT2D eigenvalue weighted by Gasteiger charge is -2.29. The molecule has 4 unspecified atom stereocenters. The van der Waals surface area contributed by atoms with Crippen LogP contribution in [0.3, 0.4) is 0 Å². The first-order valence-corrected chi connectivity index (χ1v) is 5.95. The maximum absolute atomic E-state index is 1.62. The highest BCUT2D eigenvalue weighted by atomic mass is 14.5. The minimum atomic E-state index is 1.18. The monoisotopic (exact) mass is 164 g/mol. The van der Waals surface area contributed by atoms with E-state index in [9.17, 15) is 0 Å². The summed E-state index contributed by atoms with van der Waals surface area (Å²) in [5.41, 5.74) is 0. The van der Waals surface area contributed by atoms with Crippen molar-refractivity contribution >= 4 is 0 Å². The second kappa shape index (κ2) is 2.75. The molecule has 68 valence electrons. The Morgan fingerprint density at radius 3 is 1.75 bits per heavy atom. The molecule has 3 aliphatic rings. The van der Waals surface area contributed by atoms with Crippen LogP contribution in [0.2, 0.25) is 0 Å². The molecule has 3 aliphatic carbocycles. The van der Waals surface area contributed by atoms with Crippen molar-refractivity contribution in [3.05, 3.63) is 0 Å². The van der Waals surface area contributed by atoms with Crippen molar-refractivity contribution in [1.29, 1.82) is 0 Å². The average molecular weight is 164 g/mol. The normalized spacial score (nSPS) is 52.0. The van der Waals surface area contributed by atoms with E-state index >= 15 is 0 Å². The van der Waals surface area contributed by atoms with E-state index in [1.807, 2.05) is 0 Å². The molecule has 0 aromatic carbocycles. The number of hydrogen-bond acceptors (Lipinski definition) is 0. The van der Waals surface area contributed by atoms with Crippen molar-refractivity contribution in [2.24, 2.45) is 23.7 Å². The summed E-state index contributed by atoms with van der Waals surface area (Å²) in [4.78, 5) is 0. The Labute approximate surface area is 75.7 Å². The fraction of sp³-hybridized carbons (Fsp3) is 1.00. The van der Waals surface area contributed by atoms with Crippen molar-refractivity contribution in [1.82, 2.24) is 0 Å². The Morgan fingerprint density at radius 1 is 0.583 bits per heavy atom. The van der Waals surface area contributed by atoms with E-state index in [2.05, 4.69) is 0 Å². The zero-order chi connectivity index (χ0) is 7.97.